The van der Waals surface area contributed by atoms with Gasteiger partial charge in [-0.1, -0.05) is 69.9 Å². The first-order valence-electron chi connectivity index (χ1n) is 10.7. The van der Waals surface area contributed by atoms with Crippen LogP contribution < -0.4 is 0 Å². The van der Waals surface area contributed by atoms with E-state index in [0.717, 1.165) is 22.3 Å². The zero-order chi connectivity index (χ0) is 23.4. The summed E-state index contributed by atoms with van der Waals surface area (Å²) in [6, 6.07) is 15.8. The van der Waals surface area contributed by atoms with Crippen molar-refractivity contribution in [2.45, 2.75) is 33.1 Å². The molecule has 2 heterocycles. The topological polar surface area (TPSA) is 77.8 Å². The molecule has 0 bridgehead atoms. The number of hydrogen-bond acceptors (Lipinski definition) is 6. The number of aromatic nitrogens is 4. The SMILES string of the molecule is C=C/C=C(\C=C/C)c1nnc(-c2cccc(-c3nnc(-c4ccc(C(C)(C)C)cc4)o3)c2)o1. The van der Waals surface area contributed by atoms with Gasteiger partial charge >= 0.3 is 0 Å². The molecular formula is C27H26N4O2. The maximum absolute atomic E-state index is 5.96. The van der Waals surface area contributed by atoms with Gasteiger partial charge in [0.15, 0.2) is 0 Å². The minimum atomic E-state index is 0.0860. The average Bonchev–Trinajstić information content (AvgIpc) is 3.49. The van der Waals surface area contributed by atoms with Gasteiger partial charge in [-0.3, -0.25) is 0 Å². The van der Waals surface area contributed by atoms with Gasteiger partial charge < -0.3 is 8.83 Å². The molecule has 2 aromatic heterocycles. The van der Waals surface area contributed by atoms with E-state index in [-0.39, 0.29) is 5.41 Å². The van der Waals surface area contributed by atoms with E-state index in [9.17, 15) is 0 Å². The van der Waals surface area contributed by atoms with Gasteiger partial charge in [0.2, 0.25) is 23.6 Å². The minimum absolute atomic E-state index is 0.0860. The van der Waals surface area contributed by atoms with Gasteiger partial charge in [0, 0.05) is 22.3 Å². The molecule has 0 fully saturated rings. The van der Waals surface area contributed by atoms with Crippen molar-refractivity contribution in [1.29, 1.82) is 0 Å². The molecular weight excluding hydrogens is 412 g/mol. The van der Waals surface area contributed by atoms with Crippen LogP contribution in [0.25, 0.3) is 39.9 Å². The van der Waals surface area contributed by atoms with Gasteiger partial charge in [0.25, 0.3) is 0 Å². The number of hydrogen-bond donors (Lipinski definition) is 0. The fourth-order valence-electron chi connectivity index (χ4n) is 3.32. The molecule has 6 heteroatoms. The predicted molar refractivity (Wildman–Crippen MR) is 130 cm³/mol. The second kappa shape index (κ2) is 9.20. The van der Waals surface area contributed by atoms with Gasteiger partial charge in [-0.2, -0.15) is 0 Å². The van der Waals surface area contributed by atoms with Crippen molar-refractivity contribution >= 4 is 5.57 Å². The molecule has 2 aromatic carbocycles. The lowest BCUT2D eigenvalue weighted by atomic mass is 9.87. The van der Waals surface area contributed by atoms with Crippen LogP contribution in [0.1, 0.15) is 39.1 Å². The Morgan fingerprint density at radius 3 is 2.03 bits per heavy atom. The third kappa shape index (κ3) is 4.90. The summed E-state index contributed by atoms with van der Waals surface area (Å²) in [6.45, 7) is 12.2. The lowest BCUT2D eigenvalue weighted by Crippen LogP contribution is -2.10. The summed E-state index contributed by atoms with van der Waals surface area (Å²) in [5.74, 6) is 1.73. The van der Waals surface area contributed by atoms with E-state index in [1.54, 1.807) is 6.08 Å². The van der Waals surface area contributed by atoms with Crippen molar-refractivity contribution < 1.29 is 8.83 Å². The Labute approximate surface area is 193 Å². The van der Waals surface area contributed by atoms with E-state index in [0.29, 0.717) is 23.6 Å². The van der Waals surface area contributed by atoms with Crippen LogP contribution in [0.5, 0.6) is 0 Å². The fourth-order valence-corrected chi connectivity index (χ4v) is 3.32. The summed E-state index contributed by atoms with van der Waals surface area (Å²) in [5, 5.41) is 16.8. The molecule has 0 radical (unpaired) electrons. The Hall–Kier alpha value is -4.06. The van der Waals surface area contributed by atoms with Crippen LogP contribution in [0.15, 0.2) is 88.2 Å². The Morgan fingerprint density at radius 2 is 1.42 bits per heavy atom. The van der Waals surface area contributed by atoms with E-state index in [2.05, 4.69) is 59.9 Å². The first-order chi connectivity index (χ1) is 15.9. The second-order valence-electron chi connectivity index (χ2n) is 8.59. The van der Waals surface area contributed by atoms with Crippen molar-refractivity contribution in [2.24, 2.45) is 0 Å². The summed E-state index contributed by atoms with van der Waals surface area (Å²) < 4.78 is 11.8. The average molecular weight is 439 g/mol. The highest BCUT2D eigenvalue weighted by molar-refractivity contribution is 5.71. The van der Waals surface area contributed by atoms with E-state index < -0.39 is 0 Å². The van der Waals surface area contributed by atoms with Gasteiger partial charge in [-0.25, -0.2) is 0 Å². The number of allylic oxidation sites excluding steroid dienone is 5. The summed E-state index contributed by atoms with van der Waals surface area (Å²) in [5.41, 5.74) is 4.54. The zero-order valence-corrected chi connectivity index (χ0v) is 19.2. The van der Waals surface area contributed by atoms with Crippen LogP contribution in [0, 0.1) is 0 Å². The van der Waals surface area contributed by atoms with Crippen molar-refractivity contribution in [3.05, 3.63) is 90.9 Å². The molecule has 0 unspecified atom stereocenters. The first-order valence-corrected chi connectivity index (χ1v) is 10.7. The van der Waals surface area contributed by atoms with Crippen LogP contribution in [-0.2, 0) is 5.41 Å². The Morgan fingerprint density at radius 1 is 0.818 bits per heavy atom. The molecule has 0 spiro atoms. The van der Waals surface area contributed by atoms with Crippen LogP contribution in [-0.4, -0.2) is 20.4 Å². The number of nitrogens with zero attached hydrogens (tertiary/aromatic N) is 4. The molecule has 166 valence electrons. The van der Waals surface area contributed by atoms with Crippen molar-refractivity contribution in [1.82, 2.24) is 20.4 Å². The number of rotatable bonds is 6. The summed E-state index contributed by atoms with van der Waals surface area (Å²) in [4.78, 5) is 0. The highest BCUT2D eigenvalue weighted by Crippen LogP contribution is 2.30. The van der Waals surface area contributed by atoms with Gasteiger partial charge in [0.1, 0.15) is 0 Å². The molecule has 0 atom stereocenters. The van der Waals surface area contributed by atoms with Crippen LogP contribution in [0.4, 0.5) is 0 Å². The van der Waals surface area contributed by atoms with E-state index in [1.807, 2.05) is 61.5 Å². The smallest absolute Gasteiger partial charge is 0.248 e. The van der Waals surface area contributed by atoms with E-state index in [4.69, 9.17) is 8.83 Å². The molecule has 0 saturated carbocycles. The van der Waals surface area contributed by atoms with Gasteiger partial charge in [0.05, 0.1) is 0 Å². The summed E-state index contributed by atoms with van der Waals surface area (Å²) in [6.07, 6.45) is 7.30. The monoisotopic (exact) mass is 438 g/mol. The molecule has 0 aliphatic heterocycles. The second-order valence-corrected chi connectivity index (χ2v) is 8.59. The standard InChI is InChI=1S/C27H26N4O2/c1-6-9-18(10-7-2)23-28-30-25(32-23)20-11-8-12-21(17-20)26-31-29-24(33-26)19-13-15-22(16-14-19)27(3,4)5/h6-17H,1H2,2-5H3/b10-7-,18-9+. The lowest BCUT2D eigenvalue weighted by molar-refractivity contribution is 0.554. The molecule has 33 heavy (non-hydrogen) atoms. The maximum Gasteiger partial charge on any atom is 0.248 e. The molecule has 4 rings (SSSR count). The first kappa shape index (κ1) is 22.1. The quantitative estimate of drug-likeness (QED) is 0.305. The van der Waals surface area contributed by atoms with Crippen LogP contribution in [0.3, 0.4) is 0 Å². The molecule has 0 saturated heterocycles. The van der Waals surface area contributed by atoms with Crippen LogP contribution in [0.2, 0.25) is 0 Å². The van der Waals surface area contributed by atoms with Crippen molar-refractivity contribution in [3.63, 3.8) is 0 Å². The van der Waals surface area contributed by atoms with Gasteiger partial charge in [-0.15, -0.1) is 20.4 Å². The Balaban J connectivity index is 1.60. The zero-order valence-electron chi connectivity index (χ0n) is 19.2. The normalized spacial score (nSPS) is 12.4. The van der Waals surface area contributed by atoms with E-state index >= 15 is 0 Å². The highest BCUT2D eigenvalue weighted by atomic mass is 16.4. The number of benzene rings is 2. The fraction of sp³-hybridized carbons (Fsp3) is 0.185. The minimum Gasteiger partial charge on any atom is -0.416 e. The van der Waals surface area contributed by atoms with E-state index in [1.165, 1.54) is 5.56 Å². The highest BCUT2D eigenvalue weighted by Gasteiger charge is 2.16. The Bertz CT molecular complexity index is 1320. The van der Waals surface area contributed by atoms with Crippen molar-refractivity contribution in [3.8, 4) is 34.4 Å². The largest absolute Gasteiger partial charge is 0.416 e. The molecule has 0 N–H and O–H groups in total. The third-order valence-corrected chi connectivity index (χ3v) is 5.09. The maximum atomic E-state index is 5.96. The molecule has 6 nitrogen and oxygen atoms in total. The lowest BCUT2D eigenvalue weighted by Gasteiger charge is -2.18. The van der Waals surface area contributed by atoms with Crippen LogP contribution >= 0.6 is 0 Å². The summed E-state index contributed by atoms with van der Waals surface area (Å²) in [7, 11) is 0. The summed E-state index contributed by atoms with van der Waals surface area (Å²) >= 11 is 0. The third-order valence-electron chi connectivity index (χ3n) is 5.09. The van der Waals surface area contributed by atoms with Crippen molar-refractivity contribution in [2.75, 3.05) is 0 Å². The molecule has 4 aromatic rings. The van der Waals surface area contributed by atoms with Gasteiger partial charge in [-0.05, 0) is 48.2 Å². The molecule has 0 aliphatic carbocycles. The molecule has 0 aliphatic rings. The molecule has 0 amide bonds. The predicted octanol–water partition coefficient (Wildman–Crippen LogP) is 6.90. The Kier molecular flexibility index (Phi) is 6.18.